The zero-order valence-corrected chi connectivity index (χ0v) is 11.8. The molecule has 0 fully saturated rings. The fourth-order valence-electron chi connectivity index (χ4n) is 2.17. The molecular weight excluding hydrogens is 302 g/mol. The molecule has 0 heterocycles. The standard InChI is InChI=1S/C16H13NO6/c17-13-11(15(20)21)6-9(7-12(13)16(22)23)5-8-1-3-10(4-2-8)14(18)19/h1-4,6-7H,5,17H2,(H,18,19)(H,20,21)(H,22,23). The van der Waals surface area contributed by atoms with Crippen LogP contribution in [0.2, 0.25) is 0 Å². The van der Waals surface area contributed by atoms with Gasteiger partial charge in [-0.05, 0) is 41.8 Å². The number of anilines is 1. The molecule has 2 aromatic carbocycles. The van der Waals surface area contributed by atoms with Crippen molar-refractivity contribution >= 4 is 23.6 Å². The number of aromatic carboxylic acids is 3. The van der Waals surface area contributed by atoms with E-state index in [2.05, 4.69) is 0 Å². The molecular formula is C16H13NO6. The Morgan fingerprint density at radius 2 is 1.26 bits per heavy atom. The van der Waals surface area contributed by atoms with Gasteiger partial charge in [0.05, 0.1) is 22.4 Å². The predicted octanol–water partition coefficient (Wildman–Crippen LogP) is 1.95. The largest absolute Gasteiger partial charge is 0.478 e. The van der Waals surface area contributed by atoms with Gasteiger partial charge in [-0.1, -0.05) is 12.1 Å². The van der Waals surface area contributed by atoms with E-state index < -0.39 is 17.9 Å². The second-order valence-corrected chi connectivity index (χ2v) is 4.89. The van der Waals surface area contributed by atoms with E-state index in [0.29, 0.717) is 11.1 Å². The van der Waals surface area contributed by atoms with Crippen LogP contribution < -0.4 is 5.73 Å². The molecule has 5 N–H and O–H groups in total. The first kappa shape index (κ1) is 16.0. The van der Waals surface area contributed by atoms with Crippen LogP contribution in [-0.4, -0.2) is 33.2 Å². The Morgan fingerprint density at radius 1 is 0.783 bits per heavy atom. The first-order valence-electron chi connectivity index (χ1n) is 6.51. The van der Waals surface area contributed by atoms with Gasteiger partial charge in [0, 0.05) is 0 Å². The first-order valence-corrected chi connectivity index (χ1v) is 6.51. The van der Waals surface area contributed by atoms with Crippen LogP contribution in [0.4, 0.5) is 5.69 Å². The van der Waals surface area contributed by atoms with Gasteiger partial charge in [0.15, 0.2) is 0 Å². The number of carbonyl (C=O) groups is 3. The molecule has 0 aliphatic rings. The summed E-state index contributed by atoms with van der Waals surface area (Å²) < 4.78 is 0. The third-order valence-corrected chi connectivity index (χ3v) is 3.31. The Bertz CT molecular complexity index is 760. The average molecular weight is 315 g/mol. The van der Waals surface area contributed by atoms with Crippen LogP contribution in [0.25, 0.3) is 0 Å². The molecule has 0 spiro atoms. The summed E-state index contributed by atoms with van der Waals surface area (Å²) in [6.45, 7) is 0. The van der Waals surface area contributed by atoms with Gasteiger partial charge in [0.25, 0.3) is 0 Å². The van der Waals surface area contributed by atoms with E-state index in [9.17, 15) is 14.4 Å². The van der Waals surface area contributed by atoms with Crippen LogP contribution in [0.5, 0.6) is 0 Å². The van der Waals surface area contributed by atoms with Crippen LogP contribution in [0, 0.1) is 0 Å². The molecule has 23 heavy (non-hydrogen) atoms. The van der Waals surface area contributed by atoms with E-state index in [0.717, 1.165) is 0 Å². The quantitative estimate of drug-likeness (QED) is 0.618. The van der Waals surface area contributed by atoms with Gasteiger partial charge >= 0.3 is 17.9 Å². The zero-order chi connectivity index (χ0) is 17.1. The first-order chi connectivity index (χ1) is 10.8. The van der Waals surface area contributed by atoms with Crippen molar-refractivity contribution in [1.29, 1.82) is 0 Å². The van der Waals surface area contributed by atoms with E-state index >= 15 is 0 Å². The summed E-state index contributed by atoms with van der Waals surface area (Å²) in [5.41, 5.74) is 6.02. The molecule has 7 heteroatoms. The maximum atomic E-state index is 11.2. The van der Waals surface area contributed by atoms with Crippen LogP contribution in [0.3, 0.4) is 0 Å². The van der Waals surface area contributed by atoms with E-state index in [1.165, 1.54) is 24.3 Å². The second kappa shape index (κ2) is 6.18. The summed E-state index contributed by atoms with van der Waals surface area (Å²) in [6.07, 6.45) is 0.251. The van der Waals surface area contributed by atoms with E-state index in [1.54, 1.807) is 12.1 Å². The number of carboxylic acids is 3. The maximum Gasteiger partial charge on any atom is 0.337 e. The monoisotopic (exact) mass is 315 g/mol. The molecule has 0 aromatic heterocycles. The van der Waals surface area contributed by atoms with Gasteiger partial charge in [-0.25, -0.2) is 14.4 Å². The predicted molar refractivity (Wildman–Crippen MR) is 81.0 cm³/mol. The van der Waals surface area contributed by atoms with Crippen molar-refractivity contribution in [3.8, 4) is 0 Å². The number of nitrogen functional groups attached to an aromatic ring is 1. The average Bonchev–Trinajstić information content (AvgIpc) is 2.48. The zero-order valence-electron chi connectivity index (χ0n) is 11.8. The maximum absolute atomic E-state index is 11.2. The third-order valence-electron chi connectivity index (χ3n) is 3.31. The SMILES string of the molecule is Nc1c(C(=O)O)cc(Cc2ccc(C(=O)O)cc2)cc1C(=O)O. The van der Waals surface area contributed by atoms with Crippen molar-refractivity contribution in [3.63, 3.8) is 0 Å². The lowest BCUT2D eigenvalue weighted by atomic mass is 9.97. The Labute approximate surface area is 130 Å². The van der Waals surface area contributed by atoms with Crippen LogP contribution >= 0.6 is 0 Å². The van der Waals surface area contributed by atoms with Gasteiger partial charge in [0.1, 0.15) is 0 Å². The molecule has 0 radical (unpaired) electrons. The van der Waals surface area contributed by atoms with Crippen molar-refractivity contribution < 1.29 is 29.7 Å². The van der Waals surface area contributed by atoms with Gasteiger partial charge in [-0.3, -0.25) is 0 Å². The van der Waals surface area contributed by atoms with Crippen LogP contribution in [0.1, 0.15) is 42.2 Å². The third kappa shape index (κ3) is 3.46. The minimum atomic E-state index is -1.31. The van der Waals surface area contributed by atoms with Crippen LogP contribution in [-0.2, 0) is 6.42 Å². The lowest BCUT2D eigenvalue weighted by Crippen LogP contribution is -2.11. The van der Waals surface area contributed by atoms with Crippen molar-refractivity contribution in [3.05, 3.63) is 64.2 Å². The minimum Gasteiger partial charge on any atom is -0.478 e. The normalized spacial score (nSPS) is 10.3. The fraction of sp³-hybridized carbons (Fsp3) is 0.0625. The van der Waals surface area contributed by atoms with Crippen molar-refractivity contribution in [2.75, 3.05) is 5.73 Å². The van der Waals surface area contributed by atoms with E-state index in [-0.39, 0.29) is 28.8 Å². The molecule has 2 rings (SSSR count). The second-order valence-electron chi connectivity index (χ2n) is 4.89. The van der Waals surface area contributed by atoms with Crippen molar-refractivity contribution in [2.24, 2.45) is 0 Å². The van der Waals surface area contributed by atoms with E-state index in [4.69, 9.17) is 21.1 Å². The topological polar surface area (TPSA) is 138 Å². The number of nitrogens with two attached hydrogens (primary N) is 1. The molecule has 0 amide bonds. The van der Waals surface area contributed by atoms with Gasteiger partial charge in [0.2, 0.25) is 0 Å². The van der Waals surface area contributed by atoms with Crippen molar-refractivity contribution in [2.45, 2.75) is 6.42 Å². The fourth-order valence-corrected chi connectivity index (χ4v) is 2.17. The molecule has 0 saturated heterocycles. The molecule has 2 aromatic rings. The van der Waals surface area contributed by atoms with Gasteiger partial charge in [-0.2, -0.15) is 0 Å². The molecule has 0 atom stereocenters. The number of hydrogen-bond acceptors (Lipinski definition) is 4. The highest BCUT2D eigenvalue weighted by Crippen LogP contribution is 2.23. The summed E-state index contributed by atoms with van der Waals surface area (Å²) in [4.78, 5) is 33.2. The van der Waals surface area contributed by atoms with E-state index in [1.807, 2.05) is 0 Å². The molecule has 0 saturated carbocycles. The molecule has 118 valence electrons. The number of hydrogen-bond donors (Lipinski definition) is 4. The molecule has 0 aliphatic heterocycles. The summed E-state index contributed by atoms with van der Waals surface area (Å²) >= 11 is 0. The number of benzene rings is 2. The number of carboxylic acid groups (broad SMARTS) is 3. The lowest BCUT2D eigenvalue weighted by molar-refractivity contribution is 0.0683. The Balaban J connectivity index is 2.41. The highest BCUT2D eigenvalue weighted by Gasteiger charge is 2.18. The molecule has 0 bridgehead atoms. The minimum absolute atomic E-state index is 0.128. The Morgan fingerprint density at radius 3 is 1.65 bits per heavy atom. The summed E-state index contributed by atoms with van der Waals surface area (Å²) in [5.74, 6) is -3.67. The highest BCUT2D eigenvalue weighted by molar-refractivity contribution is 6.02. The Hall–Kier alpha value is -3.35. The van der Waals surface area contributed by atoms with Crippen LogP contribution in [0.15, 0.2) is 36.4 Å². The highest BCUT2D eigenvalue weighted by atomic mass is 16.4. The molecule has 0 aliphatic carbocycles. The Kier molecular flexibility index (Phi) is 4.31. The summed E-state index contributed by atoms with van der Waals surface area (Å²) in [7, 11) is 0. The lowest BCUT2D eigenvalue weighted by Gasteiger charge is -2.10. The van der Waals surface area contributed by atoms with Crippen molar-refractivity contribution in [1.82, 2.24) is 0 Å². The van der Waals surface area contributed by atoms with Gasteiger partial charge < -0.3 is 21.1 Å². The number of rotatable bonds is 5. The van der Waals surface area contributed by atoms with Gasteiger partial charge in [-0.15, -0.1) is 0 Å². The summed E-state index contributed by atoms with van der Waals surface area (Å²) in [5, 5.41) is 27.1. The smallest absolute Gasteiger partial charge is 0.337 e. The molecule has 7 nitrogen and oxygen atoms in total. The molecule has 0 unspecified atom stereocenters. The summed E-state index contributed by atoms with van der Waals surface area (Å²) in [6, 6.07) is 8.64.